The Hall–Kier alpha value is -1.49. The van der Waals surface area contributed by atoms with Gasteiger partial charge >= 0.3 is 6.09 Å². The van der Waals surface area contributed by atoms with Crippen LogP contribution < -0.4 is 5.32 Å². The highest BCUT2D eigenvalue weighted by molar-refractivity contribution is 7.91. The third-order valence-electron chi connectivity index (χ3n) is 6.33. The number of fused-ring (bicyclic) bond motifs is 1. The van der Waals surface area contributed by atoms with E-state index >= 15 is 0 Å². The average Bonchev–Trinajstić information content (AvgIpc) is 3.44. The van der Waals surface area contributed by atoms with Gasteiger partial charge in [0.1, 0.15) is 16.1 Å². The van der Waals surface area contributed by atoms with E-state index in [0.29, 0.717) is 35.6 Å². The molecule has 1 amide bonds. The minimum atomic E-state index is -3.40. The van der Waals surface area contributed by atoms with Gasteiger partial charge in [0.2, 0.25) is 0 Å². The lowest BCUT2D eigenvalue weighted by atomic mass is 9.97. The lowest BCUT2D eigenvalue weighted by molar-refractivity contribution is -0.112. The first-order valence-electron chi connectivity index (χ1n) is 11.2. The van der Waals surface area contributed by atoms with E-state index in [1.165, 1.54) is 16.2 Å². The summed E-state index contributed by atoms with van der Waals surface area (Å²) in [5.74, 6) is 0.708. The summed E-state index contributed by atoms with van der Waals surface area (Å²) in [5.41, 5.74) is -0.606. The minimum Gasteiger partial charge on any atom is -0.444 e. The van der Waals surface area contributed by atoms with Crippen molar-refractivity contribution in [2.75, 3.05) is 26.7 Å². The zero-order valence-electron chi connectivity index (χ0n) is 19.3. The van der Waals surface area contributed by atoms with Gasteiger partial charge in [0.15, 0.2) is 0 Å². The van der Waals surface area contributed by atoms with Crippen molar-refractivity contribution < 1.29 is 22.7 Å². The van der Waals surface area contributed by atoms with Gasteiger partial charge in [-0.05, 0) is 76.3 Å². The van der Waals surface area contributed by atoms with Crippen molar-refractivity contribution >= 4 is 33.7 Å². The lowest BCUT2D eigenvalue weighted by Crippen LogP contribution is -2.42. The quantitative estimate of drug-likeness (QED) is 0.427. The Bertz CT molecular complexity index is 882. The van der Waals surface area contributed by atoms with E-state index < -0.39 is 27.8 Å². The predicted molar refractivity (Wildman–Crippen MR) is 124 cm³/mol. The molecule has 1 saturated heterocycles. The summed E-state index contributed by atoms with van der Waals surface area (Å²) in [6.07, 6.45) is 3.64. The summed E-state index contributed by atoms with van der Waals surface area (Å²) in [4.78, 5) is 25.1. The number of nitrogens with one attached hydrogen (secondary N) is 1. The molecule has 1 aliphatic heterocycles. The zero-order valence-corrected chi connectivity index (χ0v) is 21.0. The zero-order chi connectivity index (χ0) is 23.5. The molecule has 8 nitrogen and oxygen atoms in total. The minimum absolute atomic E-state index is 0.279. The third-order valence-corrected chi connectivity index (χ3v) is 9.54. The van der Waals surface area contributed by atoms with Gasteiger partial charge in [-0.15, -0.1) is 11.3 Å². The summed E-state index contributed by atoms with van der Waals surface area (Å²) in [5, 5.41) is 5.37. The third kappa shape index (κ3) is 5.89. The summed E-state index contributed by atoms with van der Waals surface area (Å²) in [6.45, 7) is 7.26. The van der Waals surface area contributed by atoms with Crippen molar-refractivity contribution in [3.8, 4) is 0 Å². The molecule has 0 radical (unpaired) electrons. The molecule has 1 aromatic heterocycles. The lowest BCUT2D eigenvalue weighted by Gasteiger charge is -2.28. The van der Waals surface area contributed by atoms with Crippen LogP contribution in [0.15, 0.2) is 21.7 Å². The van der Waals surface area contributed by atoms with E-state index in [-0.39, 0.29) is 6.04 Å². The smallest absolute Gasteiger partial charge is 0.410 e. The highest BCUT2D eigenvalue weighted by Crippen LogP contribution is 2.40. The first kappa shape index (κ1) is 25.1. The molecule has 0 spiro atoms. The Morgan fingerprint density at radius 2 is 2.12 bits per heavy atom. The fraction of sp³-hybridized carbons (Fsp3) is 0.727. The highest BCUT2D eigenvalue weighted by Gasteiger charge is 2.46. The van der Waals surface area contributed by atoms with E-state index in [2.05, 4.69) is 5.32 Å². The van der Waals surface area contributed by atoms with E-state index in [1.807, 2.05) is 0 Å². The molecule has 32 heavy (non-hydrogen) atoms. The Labute approximate surface area is 195 Å². The SMILES string of the molecule is CN(C(=O)OC(C)(C)C)[C@H](C=O)CCCN[C@H]1CC[C@@H]2CN(S(=O)(=O)c3cccs3)C[C@@H]21. The fourth-order valence-corrected chi connectivity index (χ4v) is 7.31. The molecule has 4 atom stereocenters. The number of sulfonamides is 1. The highest BCUT2D eigenvalue weighted by atomic mass is 32.2. The van der Waals surface area contributed by atoms with Crippen LogP contribution in [0.5, 0.6) is 0 Å². The molecule has 0 unspecified atom stereocenters. The monoisotopic (exact) mass is 485 g/mol. The van der Waals surface area contributed by atoms with Gasteiger partial charge in [0.05, 0.1) is 6.04 Å². The molecular weight excluding hydrogens is 450 g/mol. The van der Waals surface area contributed by atoms with Gasteiger partial charge in [0, 0.05) is 26.2 Å². The molecular formula is C22H35N3O5S2. The summed E-state index contributed by atoms with van der Waals surface area (Å²) < 4.78 is 33.1. The van der Waals surface area contributed by atoms with Crippen molar-refractivity contribution in [2.24, 2.45) is 11.8 Å². The number of hydrogen-bond donors (Lipinski definition) is 1. The topological polar surface area (TPSA) is 96.0 Å². The number of nitrogens with zero attached hydrogens (tertiary/aromatic N) is 2. The van der Waals surface area contributed by atoms with Gasteiger partial charge in [-0.25, -0.2) is 13.2 Å². The van der Waals surface area contributed by atoms with Gasteiger partial charge in [-0.3, -0.25) is 0 Å². The van der Waals surface area contributed by atoms with Crippen LogP contribution in [0.4, 0.5) is 4.79 Å². The second kappa shape index (κ2) is 10.2. The van der Waals surface area contributed by atoms with Gasteiger partial charge < -0.3 is 19.7 Å². The summed E-state index contributed by atoms with van der Waals surface area (Å²) in [7, 11) is -1.81. The maximum atomic E-state index is 12.8. The van der Waals surface area contributed by atoms with Crippen molar-refractivity contribution in [1.82, 2.24) is 14.5 Å². The van der Waals surface area contributed by atoms with Crippen LogP contribution >= 0.6 is 11.3 Å². The molecule has 0 aromatic carbocycles. The van der Waals surface area contributed by atoms with Crippen molar-refractivity contribution in [3.63, 3.8) is 0 Å². The summed E-state index contributed by atoms with van der Waals surface area (Å²) in [6, 6.07) is 3.19. The Morgan fingerprint density at radius 1 is 1.38 bits per heavy atom. The maximum absolute atomic E-state index is 12.8. The van der Waals surface area contributed by atoms with Crippen LogP contribution in [-0.2, 0) is 19.6 Å². The number of thiophene rings is 1. The number of carbonyl (C=O) groups excluding carboxylic acids is 2. The van der Waals surface area contributed by atoms with E-state index in [9.17, 15) is 18.0 Å². The Balaban J connectivity index is 1.46. The molecule has 2 aliphatic rings. The molecule has 180 valence electrons. The number of amides is 1. The Kier molecular flexibility index (Phi) is 8.01. The molecule has 3 rings (SSSR count). The second-order valence-corrected chi connectivity index (χ2v) is 12.9. The number of hydrogen-bond acceptors (Lipinski definition) is 7. The molecule has 1 aliphatic carbocycles. The number of likely N-dealkylation sites (N-methyl/N-ethyl adjacent to an activating group) is 1. The molecule has 1 aromatic rings. The van der Waals surface area contributed by atoms with Crippen LogP contribution in [0.2, 0.25) is 0 Å². The van der Waals surface area contributed by atoms with Gasteiger partial charge in [0.25, 0.3) is 10.0 Å². The molecule has 2 heterocycles. The number of rotatable bonds is 9. The first-order valence-corrected chi connectivity index (χ1v) is 13.5. The standard InChI is InChI=1S/C22H35N3O5S2/c1-22(2,3)30-21(27)24(4)17(15-26)7-5-11-23-19-10-9-16-13-25(14-18(16)19)32(28,29)20-8-6-12-31-20/h6,8,12,15-19,23H,5,7,9-11,13-14H2,1-4H3/t16-,17+,18+,19+/m1/s1. The molecule has 1 saturated carbocycles. The number of ether oxygens (including phenoxy) is 1. The number of carbonyl (C=O) groups is 2. The fourth-order valence-electron chi connectivity index (χ4n) is 4.63. The van der Waals surface area contributed by atoms with E-state index in [0.717, 1.165) is 32.1 Å². The van der Waals surface area contributed by atoms with Crippen molar-refractivity contribution in [2.45, 2.75) is 68.3 Å². The van der Waals surface area contributed by atoms with Crippen LogP contribution in [0, 0.1) is 11.8 Å². The molecule has 1 N–H and O–H groups in total. The molecule has 0 bridgehead atoms. The normalized spacial score (nSPS) is 24.8. The average molecular weight is 486 g/mol. The van der Waals surface area contributed by atoms with E-state index in [4.69, 9.17) is 4.74 Å². The summed E-state index contributed by atoms with van der Waals surface area (Å²) >= 11 is 1.26. The maximum Gasteiger partial charge on any atom is 0.410 e. The second-order valence-electron chi connectivity index (χ2n) is 9.75. The molecule has 2 fully saturated rings. The van der Waals surface area contributed by atoms with Crippen molar-refractivity contribution in [3.05, 3.63) is 17.5 Å². The van der Waals surface area contributed by atoms with Crippen LogP contribution in [0.1, 0.15) is 46.5 Å². The Morgan fingerprint density at radius 3 is 2.75 bits per heavy atom. The first-order chi connectivity index (χ1) is 15.0. The van der Waals surface area contributed by atoms with Crippen LogP contribution in [0.25, 0.3) is 0 Å². The predicted octanol–water partition coefficient (Wildman–Crippen LogP) is 2.95. The van der Waals surface area contributed by atoms with E-state index in [1.54, 1.807) is 49.6 Å². The van der Waals surface area contributed by atoms with Crippen molar-refractivity contribution in [1.29, 1.82) is 0 Å². The molecule has 10 heteroatoms. The van der Waals surface area contributed by atoms with Crippen LogP contribution in [0.3, 0.4) is 0 Å². The van der Waals surface area contributed by atoms with Gasteiger partial charge in [-0.1, -0.05) is 6.07 Å². The van der Waals surface area contributed by atoms with Gasteiger partial charge in [-0.2, -0.15) is 4.31 Å². The van der Waals surface area contributed by atoms with Crippen LogP contribution in [-0.4, -0.2) is 74.4 Å². The number of aldehydes is 1. The largest absolute Gasteiger partial charge is 0.444 e.